The number of thioether (sulfide) groups is 2. The Morgan fingerprint density at radius 1 is 1.04 bits per heavy atom. The van der Waals surface area contributed by atoms with E-state index in [0.29, 0.717) is 21.9 Å². The number of Topliss-reactive ketones (excluding diaryl/α,β-unsaturated/α-hetero) is 1. The summed E-state index contributed by atoms with van der Waals surface area (Å²) in [5, 5.41) is 61.4. The summed E-state index contributed by atoms with van der Waals surface area (Å²) < 4.78 is 1.43. The normalized spacial score (nSPS) is 16.8. The third-order valence-electron chi connectivity index (χ3n) is 8.40. The first kappa shape index (κ1) is 37.9. The highest BCUT2D eigenvalue weighted by atomic mass is 32.2. The van der Waals surface area contributed by atoms with E-state index in [1.807, 2.05) is 0 Å². The molecule has 7 rings (SSSR count). The van der Waals surface area contributed by atoms with Crippen LogP contribution in [0.1, 0.15) is 33.1 Å². The van der Waals surface area contributed by atoms with E-state index in [1.165, 1.54) is 63.8 Å². The van der Waals surface area contributed by atoms with E-state index in [2.05, 4.69) is 30.5 Å². The number of carbonyl (C=O) groups is 4. The van der Waals surface area contributed by atoms with Crippen molar-refractivity contribution in [1.82, 2.24) is 34.8 Å². The Morgan fingerprint density at radius 2 is 1.79 bits per heavy atom. The number of hydrogen-bond donors (Lipinski definition) is 7. The van der Waals surface area contributed by atoms with E-state index in [1.54, 1.807) is 13.0 Å². The molecule has 22 heteroatoms. The van der Waals surface area contributed by atoms with Gasteiger partial charge < -0.3 is 41.4 Å². The first-order chi connectivity index (χ1) is 26.8. The van der Waals surface area contributed by atoms with Gasteiger partial charge in [0.15, 0.2) is 45.4 Å². The Balaban J connectivity index is 1.05. The number of aryl methyl sites for hydroxylation is 1. The number of fused-ring (bicyclic) bond motifs is 2. The number of nitrogens with two attached hydrogens (primary N) is 1. The molecule has 0 bridgehead atoms. The minimum Gasteiger partial charge on any atom is -0.504 e. The Morgan fingerprint density at radius 3 is 2.48 bits per heavy atom. The number of nitrogens with zero attached hydrogens (tertiary/aromatic N) is 7. The van der Waals surface area contributed by atoms with Crippen molar-refractivity contribution in [3.8, 4) is 23.0 Å². The van der Waals surface area contributed by atoms with Gasteiger partial charge in [-0.15, -0.1) is 40.0 Å². The quantitative estimate of drug-likeness (QED) is 0.0170. The van der Waals surface area contributed by atoms with Gasteiger partial charge in [0.2, 0.25) is 0 Å². The van der Waals surface area contributed by atoms with Gasteiger partial charge in [0, 0.05) is 28.1 Å². The summed E-state index contributed by atoms with van der Waals surface area (Å²) in [4.78, 5) is 71.8. The van der Waals surface area contributed by atoms with Crippen molar-refractivity contribution < 1.29 is 49.5 Å². The number of oxime groups is 1. The molecule has 2 atom stereocenters. The lowest BCUT2D eigenvalue weighted by atomic mass is 10.0. The zero-order chi connectivity index (χ0) is 39.8. The highest BCUT2D eigenvalue weighted by Gasteiger charge is 2.54. The molecular formula is C34H29N9O10S3. The number of carbonyl (C=O) groups excluding carboxylic acids is 3. The van der Waals surface area contributed by atoms with Crippen LogP contribution in [0, 0.1) is 6.92 Å². The van der Waals surface area contributed by atoms with Gasteiger partial charge in [-0.05, 0) is 54.5 Å². The number of β-lactam (4-membered cyclic amide) rings is 1. The van der Waals surface area contributed by atoms with Crippen LogP contribution in [-0.4, -0.2) is 107 Å². The lowest BCUT2D eigenvalue weighted by Gasteiger charge is -2.49. The summed E-state index contributed by atoms with van der Waals surface area (Å²) in [5.41, 5.74) is 6.97. The van der Waals surface area contributed by atoms with Gasteiger partial charge in [0.25, 0.3) is 17.6 Å². The van der Waals surface area contributed by atoms with Gasteiger partial charge in [-0.1, -0.05) is 11.2 Å². The van der Waals surface area contributed by atoms with E-state index >= 15 is 0 Å². The van der Waals surface area contributed by atoms with Gasteiger partial charge >= 0.3 is 5.97 Å². The van der Waals surface area contributed by atoms with Gasteiger partial charge in [0.1, 0.15) is 34.4 Å². The molecule has 0 unspecified atom stereocenters. The van der Waals surface area contributed by atoms with Crippen molar-refractivity contribution >= 4 is 75.0 Å². The van der Waals surface area contributed by atoms with Crippen LogP contribution in [0.2, 0.25) is 0 Å². The number of aromatic nitrogens is 5. The maximum absolute atomic E-state index is 13.5. The van der Waals surface area contributed by atoms with Crippen LogP contribution in [0.4, 0.5) is 5.13 Å². The fraction of sp³-hybridized carbons (Fsp3) is 0.206. The number of rotatable bonds is 13. The lowest BCUT2D eigenvalue weighted by Crippen LogP contribution is -2.71. The molecule has 2 aliphatic heterocycles. The third kappa shape index (κ3) is 7.61. The number of carboxylic acid groups (broad SMARTS) is 1. The minimum absolute atomic E-state index is 0.0769. The standard InChI is InChI=1S/C34H29N9O10S3/c1-14-6-25(43-34(36-14)38-24(40-43)9-21(46)16-3-5-20(45)23(48)8-16)54-11-17-12-55-31-27(30(50)42(31)28(17)32(51)52)39-29(49)26(18-13-56-33(35)37-18)41-53-10-15-2-4-19(44)22(47)7-15/h2-8,13,27,31,44-45,47-48H,9-12H2,1H3,(H2,35,37)(H,39,49)(H,51,52)/b41-26-/t27-,31-/m1/s1. The molecule has 5 heterocycles. The molecular weight excluding hydrogens is 791 g/mol. The number of amides is 2. The highest BCUT2D eigenvalue weighted by molar-refractivity contribution is 8.01. The summed E-state index contributed by atoms with van der Waals surface area (Å²) >= 11 is 3.55. The molecule has 19 nitrogen and oxygen atoms in total. The fourth-order valence-corrected chi connectivity index (χ4v) is 8.79. The summed E-state index contributed by atoms with van der Waals surface area (Å²) in [7, 11) is 0. The number of thiazole rings is 1. The molecule has 5 aromatic rings. The number of aromatic hydroxyl groups is 4. The minimum atomic E-state index is -1.32. The van der Waals surface area contributed by atoms with Crippen LogP contribution < -0.4 is 11.1 Å². The molecule has 2 aromatic carbocycles. The molecule has 0 spiro atoms. The highest BCUT2D eigenvalue weighted by Crippen LogP contribution is 2.42. The summed E-state index contributed by atoms with van der Waals surface area (Å²) in [5.74, 6) is -3.98. The Hall–Kier alpha value is -6.39. The van der Waals surface area contributed by atoms with Crippen molar-refractivity contribution in [2.75, 3.05) is 17.2 Å². The summed E-state index contributed by atoms with van der Waals surface area (Å²) in [6, 6.07) is 8.35. The van der Waals surface area contributed by atoms with Gasteiger partial charge in [-0.3, -0.25) is 19.3 Å². The Labute approximate surface area is 327 Å². The number of phenolic OH excluding ortho intramolecular Hbond substituents is 4. The molecule has 1 saturated heterocycles. The topological polar surface area (TPSA) is 288 Å². The van der Waals surface area contributed by atoms with Crippen LogP contribution in [0.3, 0.4) is 0 Å². The maximum atomic E-state index is 13.5. The maximum Gasteiger partial charge on any atom is 0.352 e. The zero-order valence-corrected chi connectivity index (χ0v) is 31.3. The number of anilines is 1. The third-order valence-corrected chi connectivity index (χ3v) is 11.5. The first-order valence-corrected chi connectivity index (χ1v) is 19.2. The predicted molar refractivity (Wildman–Crippen MR) is 201 cm³/mol. The SMILES string of the molecule is Cc1cc(SCC2=C(C(=O)O)N3C(=O)[C@@H](NC(=O)/C(=N\OCc4ccc(O)c(O)c4)c4csc(N)n4)[C@H]3SC2)n2nc(CC(=O)c3ccc(O)c(O)c3)nc2n1. The molecule has 2 aliphatic rings. The van der Waals surface area contributed by atoms with Crippen LogP contribution >= 0.6 is 34.9 Å². The van der Waals surface area contributed by atoms with E-state index < -0.39 is 40.7 Å². The lowest BCUT2D eigenvalue weighted by molar-refractivity contribution is -0.150. The molecule has 0 saturated carbocycles. The number of phenols is 4. The predicted octanol–water partition coefficient (Wildman–Crippen LogP) is 2.17. The number of benzene rings is 2. The van der Waals surface area contributed by atoms with Crippen molar-refractivity contribution in [3.63, 3.8) is 0 Å². The number of aliphatic carboxylic acids is 1. The molecule has 0 aliphatic carbocycles. The second kappa shape index (κ2) is 15.4. The molecule has 1 fully saturated rings. The number of nitrogens with one attached hydrogen (secondary N) is 1. The molecule has 56 heavy (non-hydrogen) atoms. The molecule has 2 amide bonds. The van der Waals surface area contributed by atoms with Gasteiger partial charge in [-0.25, -0.2) is 14.8 Å². The number of carboxylic acids is 1. The second-order valence-corrected chi connectivity index (χ2v) is 15.3. The van der Waals surface area contributed by atoms with E-state index in [4.69, 9.17) is 10.6 Å². The van der Waals surface area contributed by atoms with Gasteiger partial charge in [0.05, 0.1) is 6.42 Å². The second-order valence-electron chi connectivity index (χ2n) is 12.3. The number of nitrogen functional groups attached to an aromatic ring is 1. The Bertz CT molecular complexity index is 2500. The van der Waals surface area contributed by atoms with E-state index in [9.17, 15) is 44.7 Å². The van der Waals surface area contributed by atoms with Crippen molar-refractivity contribution in [2.45, 2.75) is 36.4 Å². The monoisotopic (exact) mass is 819 g/mol. The first-order valence-electron chi connectivity index (χ1n) is 16.3. The number of hydrogen-bond acceptors (Lipinski definition) is 18. The zero-order valence-electron chi connectivity index (χ0n) is 28.8. The van der Waals surface area contributed by atoms with Crippen LogP contribution in [0.15, 0.2) is 69.3 Å². The number of ketones is 1. The van der Waals surface area contributed by atoms with E-state index in [0.717, 1.165) is 22.3 Å². The molecule has 288 valence electrons. The van der Waals surface area contributed by atoms with Crippen molar-refractivity contribution in [3.05, 3.63) is 87.5 Å². The Kier molecular flexibility index (Phi) is 10.4. The average Bonchev–Trinajstić information content (AvgIpc) is 3.78. The average molecular weight is 820 g/mol. The smallest absolute Gasteiger partial charge is 0.352 e. The van der Waals surface area contributed by atoms with Crippen molar-refractivity contribution in [1.29, 1.82) is 0 Å². The summed E-state index contributed by atoms with van der Waals surface area (Å²) in [6.07, 6.45) is -0.221. The van der Waals surface area contributed by atoms with Crippen LogP contribution in [0.5, 0.6) is 23.0 Å². The molecule has 0 radical (unpaired) electrons. The fourth-order valence-electron chi connectivity index (χ4n) is 5.71. The van der Waals surface area contributed by atoms with E-state index in [-0.39, 0.29) is 81.2 Å². The van der Waals surface area contributed by atoms with Gasteiger partial charge in [-0.2, -0.15) is 9.50 Å². The molecule has 8 N–H and O–H groups in total. The summed E-state index contributed by atoms with van der Waals surface area (Å²) in [6.45, 7) is 1.55. The molecule has 3 aromatic heterocycles. The largest absolute Gasteiger partial charge is 0.504 e. The van der Waals surface area contributed by atoms with Crippen LogP contribution in [-0.2, 0) is 32.2 Å². The van der Waals surface area contributed by atoms with Crippen molar-refractivity contribution in [2.24, 2.45) is 5.16 Å². The van der Waals surface area contributed by atoms with Crippen LogP contribution in [0.25, 0.3) is 5.78 Å².